The third kappa shape index (κ3) is 4.54. The third-order valence-corrected chi connectivity index (χ3v) is 8.26. The van der Waals surface area contributed by atoms with E-state index in [9.17, 15) is 9.59 Å². The van der Waals surface area contributed by atoms with Crippen molar-refractivity contribution in [2.75, 3.05) is 6.61 Å². The molecule has 198 valence electrons. The summed E-state index contributed by atoms with van der Waals surface area (Å²) in [6.45, 7) is 4.51. The molecule has 1 aromatic heterocycles. The van der Waals surface area contributed by atoms with E-state index >= 15 is 0 Å². The van der Waals surface area contributed by atoms with Crippen molar-refractivity contribution in [3.63, 3.8) is 0 Å². The van der Waals surface area contributed by atoms with Crippen LogP contribution in [0.25, 0.3) is 22.5 Å². The molecule has 6 rings (SSSR count). The van der Waals surface area contributed by atoms with E-state index in [1.807, 2.05) is 68.4 Å². The lowest BCUT2D eigenvalue weighted by Gasteiger charge is -2.16. The summed E-state index contributed by atoms with van der Waals surface area (Å²) in [5.74, 6) is 0.600. The van der Waals surface area contributed by atoms with E-state index in [1.54, 1.807) is 0 Å². The second-order valence-electron chi connectivity index (χ2n) is 10.7. The Morgan fingerprint density at radius 3 is 1.97 bits per heavy atom. The Labute approximate surface area is 228 Å². The van der Waals surface area contributed by atoms with E-state index in [-0.39, 0.29) is 11.9 Å². The van der Waals surface area contributed by atoms with Gasteiger partial charge in [-0.3, -0.25) is 9.59 Å². The number of benzene rings is 3. The molecule has 0 bridgehead atoms. The zero-order valence-corrected chi connectivity index (χ0v) is 22.3. The van der Waals surface area contributed by atoms with Gasteiger partial charge < -0.3 is 14.6 Å². The van der Waals surface area contributed by atoms with Crippen LogP contribution in [0.15, 0.2) is 83.4 Å². The van der Waals surface area contributed by atoms with E-state index in [0.717, 1.165) is 64.8 Å². The summed E-state index contributed by atoms with van der Waals surface area (Å²) in [7, 11) is 0. The summed E-state index contributed by atoms with van der Waals surface area (Å²) in [5, 5.41) is 7.33. The number of carbonyl (C=O) groups excluding carboxylic acids is 2. The molecule has 0 aliphatic heterocycles. The average molecular weight is 521 g/mol. The molecule has 1 amide bonds. The van der Waals surface area contributed by atoms with E-state index in [0.29, 0.717) is 18.9 Å². The predicted octanol–water partition coefficient (Wildman–Crippen LogP) is 6.26. The van der Waals surface area contributed by atoms with Crippen LogP contribution in [-0.4, -0.2) is 23.6 Å². The number of nitrogens with one attached hydrogen (secondary N) is 1. The summed E-state index contributed by atoms with van der Waals surface area (Å²) in [4.78, 5) is 25.6. The number of nitrogens with zero attached hydrogens (tertiary/aromatic N) is 1. The van der Waals surface area contributed by atoms with E-state index in [1.165, 1.54) is 0 Å². The molecule has 6 nitrogen and oxygen atoms in total. The molecule has 0 saturated heterocycles. The van der Waals surface area contributed by atoms with Gasteiger partial charge >= 0.3 is 5.97 Å². The lowest BCUT2D eigenvalue weighted by atomic mass is 9.93. The first kappa shape index (κ1) is 25.1. The number of carbonyl (C=O) groups is 2. The topological polar surface area (TPSA) is 81.4 Å². The first-order valence-electron chi connectivity index (χ1n) is 13.6. The molecule has 3 aromatic carbocycles. The molecular formula is C33H32N2O4. The number of hydrogen-bond donors (Lipinski definition) is 1. The molecule has 2 aliphatic rings. The highest BCUT2D eigenvalue weighted by Gasteiger charge is 2.53. The van der Waals surface area contributed by atoms with Crippen molar-refractivity contribution in [3.8, 4) is 22.5 Å². The molecule has 0 atom stereocenters. The SMILES string of the molecule is CCOC(=O)C1(c2ccc(-c3ccc(-c4onc(C)c4CNC(=O)C4(c5ccccc5)CC4)cc3)cc2)CC1. The van der Waals surface area contributed by atoms with Crippen LogP contribution >= 0.6 is 0 Å². The van der Waals surface area contributed by atoms with Crippen molar-refractivity contribution in [1.82, 2.24) is 10.5 Å². The van der Waals surface area contributed by atoms with Crippen LogP contribution in [0, 0.1) is 6.92 Å². The number of amides is 1. The zero-order chi connectivity index (χ0) is 27.0. The van der Waals surface area contributed by atoms with Crippen molar-refractivity contribution >= 4 is 11.9 Å². The number of aromatic nitrogens is 1. The zero-order valence-electron chi connectivity index (χ0n) is 22.3. The minimum absolute atomic E-state index is 0.0509. The minimum atomic E-state index is -0.464. The molecule has 2 aliphatic carbocycles. The van der Waals surface area contributed by atoms with Gasteiger partial charge in [-0.05, 0) is 61.8 Å². The highest BCUT2D eigenvalue weighted by Crippen LogP contribution is 2.50. The van der Waals surface area contributed by atoms with Gasteiger partial charge in [-0.1, -0.05) is 84.0 Å². The number of hydrogen-bond acceptors (Lipinski definition) is 5. The quantitative estimate of drug-likeness (QED) is 0.264. The Morgan fingerprint density at radius 1 is 0.821 bits per heavy atom. The fourth-order valence-electron chi connectivity index (χ4n) is 5.49. The maximum absolute atomic E-state index is 13.2. The fourth-order valence-corrected chi connectivity index (χ4v) is 5.49. The molecule has 2 saturated carbocycles. The molecule has 4 aromatic rings. The molecule has 6 heteroatoms. The molecule has 1 heterocycles. The maximum Gasteiger partial charge on any atom is 0.316 e. The van der Waals surface area contributed by atoms with Gasteiger partial charge in [0, 0.05) is 17.7 Å². The Bertz CT molecular complexity index is 1500. The van der Waals surface area contributed by atoms with Gasteiger partial charge in [0.1, 0.15) is 0 Å². The molecule has 39 heavy (non-hydrogen) atoms. The highest BCUT2D eigenvalue weighted by atomic mass is 16.5. The van der Waals surface area contributed by atoms with Gasteiger partial charge in [-0.15, -0.1) is 0 Å². The summed E-state index contributed by atoms with van der Waals surface area (Å²) in [5.41, 5.74) is 5.91. The third-order valence-electron chi connectivity index (χ3n) is 8.26. The number of aryl methyl sites for hydroxylation is 1. The molecular weight excluding hydrogens is 488 g/mol. The standard InChI is InChI=1S/C33H32N2O4/c1-3-38-31(37)33(19-20-33)27-15-13-24(14-16-27)23-9-11-25(12-10-23)29-28(22(2)35-39-29)21-34-30(36)32(17-18-32)26-7-5-4-6-8-26/h4-16H,3,17-21H2,1-2H3,(H,34,36). The van der Waals surface area contributed by atoms with E-state index in [4.69, 9.17) is 9.26 Å². The normalized spacial score (nSPS) is 16.4. The van der Waals surface area contributed by atoms with Gasteiger partial charge in [0.2, 0.25) is 5.91 Å². The van der Waals surface area contributed by atoms with Gasteiger partial charge in [0.05, 0.1) is 23.1 Å². The Kier molecular flexibility index (Phi) is 6.34. The van der Waals surface area contributed by atoms with Gasteiger partial charge in [0.15, 0.2) is 5.76 Å². The largest absolute Gasteiger partial charge is 0.465 e. The van der Waals surface area contributed by atoms with Crippen molar-refractivity contribution < 1.29 is 18.8 Å². The van der Waals surface area contributed by atoms with Crippen LogP contribution in [0.1, 0.15) is 55.0 Å². The minimum Gasteiger partial charge on any atom is -0.465 e. The summed E-state index contributed by atoms with van der Waals surface area (Å²) < 4.78 is 11.0. The second kappa shape index (κ2) is 9.84. The lowest BCUT2D eigenvalue weighted by Crippen LogP contribution is -2.34. The first-order chi connectivity index (χ1) is 19.0. The van der Waals surface area contributed by atoms with Crippen molar-refractivity contribution in [3.05, 3.63) is 101 Å². The van der Waals surface area contributed by atoms with Crippen molar-refractivity contribution in [2.45, 2.75) is 56.9 Å². The van der Waals surface area contributed by atoms with Crippen molar-refractivity contribution in [1.29, 1.82) is 0 Å². The monoisotopic (exact) mass is 520 g/mol. The average Bonchev–Trinajstić information content (AvgIpc) is 3.90. The number of rotatable bonds is 9. The number of esters is 1. The van der Waals surface area contributed by atoms with Gasteiger partial charge in [-0.25, -0.2) is 0 Å². The highest BCUT2D eigenvalue weighted by molar-refractivity contribution is 5.91. The van der Waals surface area contributed by atoms with Gasteiger partial charge in [0.25, 0.3) is 0 Å². The second-order valence-corrected chi connectivity index (χ2v) is 10.7. The molecule has 0 radical (unpaired) electrons. The van der Waals surface area contributed by atoms with Gasteiger partial charge in [-0.2, -0.15) is 0 Å². The Balaban J connectivity index is 1.16. The molecule has 1 N–H and O–H groups in total. The molecule has 2 fully saturated rings. The predicted molar refractivity (Wildman–Crippen MR) is 149 cm³/mol. The van der Waals surface area contributed by atoms with E-state index < -0.39 is 10.8 Å². The van der Waals surface area contributed by atoms with Crippen LogP contribution in [0.2, 0.25) is 0 Å². The summed E-state index contributed by atoms with van der Waals surface area (Å²) in [6, 6.07) is 26.3. The number of ether oxygens (including phenoxy) is 1. The Hall–Kier alpha value is -4.19. The van der Waals surface area contributed by atoms with E-state index in [2.05, 4.69) is 34.7 Å². The summed E-state index contributed by atoms with van der Waals surface area (Å²) in [6.07, 6.45) is 3.41. The lowest BCUT2D eigenvalue weighted by molar-refractivity contribution is -0.146. The molecule has 0 spiro atoms. The van der Waals surface area contributed by atoms with Crippen molar-refractivity contribution in [2.24, 2.45) is 0 Å². The first-order valence-corrected chi connectivity index (χ1v) is 13.6. The summed E-state index contributed by atoms with van der Waals surface area (Å²) >= 11 is 0. The van der Waals surface area contributed by atoms with Crippen LogP contribution in [-0.2, 0) is 31.7 Å². The smallest absolute Gasteiger partial charge is 0.316 e. The van der Waals surface area contributed by atoms with Crippen LogP contribution in [0.3, 0.4) is 0 Å². The fraction of sp³-hybridized carbons (Fsp3) is 0.303. The molecule has 0 unspecified atom stereocenters. The van der Waals surface area contributed by atoms with Crippen LogP contribution in [0.5, 0.6) is 0 Å². The van der Waals surface area contributed by atoms with Crippen LogP contribution in [0.4, 0.5) is 0 Å². The Morgan fingerprint density at radius 2 is 1.38 bits per heavy atom. The van der Waals surface area contributed by atoms with Crippen LogP contribution < -0.4 is 5.32 Å². The maximum atomic E-state index is 13.2.